The van der Waals surface area contributed by atoms with Gasteiger partial charge in [-0.25, -0.2) is 0 Å². The first-order chi connectivity index (χ1) is 11.2. The number of nitrogens with zero attached hydrogens (tertiary/aromatic N) is 1. The smallest absolute Gasteiger partial charge is 0.0580 e. The molecule has 0 spiro atoms. The molecule has 1 saturated heterocycles. The Morgan fingerprint density at radius 2 is 1.96 bits per heavy atom. The maximum atomic E-state index is 2.88. The standard InChI is InChI=1S/C21H29NS/c1-16-8-7-13-22(15-16)21(12-6-5-9-17(21)2)20-14-18-10-3-4-11-19(18)23-20/h3-4,10-11,14,16-17H,5-9,12-13,15H2,1-2H3/t16-,17-,21+/m1/s1. The highest BCUT2D eigenvalue weighted by molar-refractivity contribution is 7.19. The fourth-order valence-corrected chi connectivity index (χ4v) is 6.49. The van der Waals surface area contributed by atoms with Gasteiger partial charge in [0.1, 0.15) is 0 Å². The van der Waals surface area contributed by atoms with E-state index in [0.717, 1.165) is 11.8 Å². The van der Waals surface area contributed by atoms with E-state index in [1.54, 1.807) is 4.88 Å². The number of hydrogen-bond acceptors (Lipinski definition) is 2. The van der Waals surface area contributed by atoms with E-state index in [2.05, 4.69) is 60.4 Å². The molecule has 2 fully saturated rings. The first-order valence-electron chi connectivity index (χ1n) is 9.44. The Kier molecular flexibility index (Phi) is 4.23. The third-order valence-electron chi connectivity index (χ3n) is 6.33. The molecule has 1 nitrogen and oxygen atoms in total. The molecular weight excluding hydrogens is 298 g/mol. The SMILES string of the molecule is C[C@@H]1CCCN([C@@]2(c3cc4ccccc4s3)CCCC[C@H]2C)C1. The van der Waals surface area contributed by atoms with Crippen molar-refractivity contribution in [3.63, 3.8) is 0 Å². The summed E-state index contributed by atoms with van der Waals surface area (Å²) in [5.41, 5.74) is 0.302. The van der Waals surface area contributed by atoms with Crippen molar-refractivity contribution in [3.8, 4) is 0 Å². The van der Waals surface area contributed by atoms with Gasteiger partial charge < -0.3 is 0 Å². The zero-order valence-corrected chi connectivity index (χ0v) is 15.4. The fraction of sp³-hybridized carbons (Fsp3) is 0.619. The fourth-order valence-electron chi connectivity index (χ4n) is 5.07. The van der Waals surface area contributed by atoms with Gasteiger partial charge in [-0.05, 0) is 61.6 Å². The lowest BCUT2D eigenvalue weighted by Gasteiger charge is -2.52. The van der Waals surface area contributed by atoms with Crippen molar-refractivity contribution in [2.24, 2.45) is 11.8 Å². The van der Waals surface area contributed by atoms with Crippen molar-refractivity contribution < 1.29 is 0 Å². The number of rotatable bonds is 2. The van der Waals surface area contributed by atoms with E-state index >= 15 is 0 Å². The van der Waals surface area contributed by atoms with E-state index in [-0.39, 0.29) is 0 Å². The van der Waals surface area contributed by atoms with Crippen LogP contribution in [0.3, 0.4) is 0 Å². The van der Waals surface area contributed by atoms with E-state index in [0.29, 0.717) is 5.54 Å². The number of benzene rings is 1. The number of fused-ring (bicyclic) bond motifs is 1. The summed E-state index contributed by atoms with van der Waals surface area (Å²) in [7, 11) is 0. The molecule has 2 heterocycles. The Morgan fingerprint density at radius 3 is 2.74 bits per heavy atom. The van der Waals surface area contributed by atoms with Gasteiger partial charge in [0.05, 0.1) is 5.54 Å². The van der Waals surface area contributed by atoms with Crippen molar-refractivity contribution >= 4 is 21.4 Å². The molecule has 2 heteroatoms. The van der Waals surface area contributed by atoms with Crippen LogP contribution in [-0.2, 0) is 5.54 Å². The van der Waals surface area contributed by atoms with Crippen LogP contribution in [0.1, 0.15) is 57.2 Å². The molecule has 1 aromatic carbocycles. The van der Waals surface area contributed by atoms with E-state index in [1.165, 1.54) is 61.7 Å². The van der Waals surface area contributed by atoms with Crippen LogP contribution in [0.25, 0.3) is 10.1 Å². The van der Waals surface area contributed by atoms with Crippen molar-refractivity contribution in [3.05, 3.63) is 35.2 Å². The normalized spacial score (nSPS) is 33.1. The molecule has 124 valence electrons. The van der Waals surface area contributed by atoms with Crippen molar-refractivity contribution in [2.45, 2.75) is 57.9 Å². The number of hydrogen-bond donors (Lipinski definition) is 0. The Bertz CT molecular complexity index is 642. The summed E-state index contributed by atoms with van der Waals surface area (Å²) < 4.78 is 1.46. The second-order valence-electron chi connectivity index (χ2n) is 7.91. The van der Waals surface area contributed by atoms with Gasteiger partial charge in [-0.3, -0.25) is 4.90 Å². The minimum absolute atomic E-state index is 0.302. The highest BCUT2D eigenvalue weighted by atomic mass is 32.1. The van der Waals surface area contributed by atoms with E-state index in [4.69, 9.17) is 0 Å². The predicted molar refractivity (Wildman–Crippen MR) is 101 cm³/mol. The van der Waals surface area contributed by atoms with Crippen LogP contribution < -0.4 is 0 Å². The van der Waals surface area contributed by atoms with Crippen molar-refractivity contribution in [1.29, 1.82) is 0 Å². The summed E-state index contributed by atoms with van der Waals surface area (Å²) in [6.45, 7) is 7.54. The van der Waals surface area contributed by atoms with Crippen LogP contribution >= 0.6 is 11.3 Å². The molecule has 3 atom stereocenters. The van der Waals surface area contributed by atoms with Crippen LogP contribution in [0.4, 0.5) is 0 Å². The summed E-state index contributed by atoms with van der Waals surface area (Å²) in [6, 6.07) is 11.5. The maximum absolute atomic E-state index is 2.88. The van der Waals surface area contributed by atoms with Crippen molar-refractivity contribution in [1.82, 2.24) is 4.90 Å². The molecule has 0 unspecified atom stereocenters. The monoisotopic (exact) mass is 327 g/mol. The lowest BCUT2D eigenvalue weighted by molar-refractivity contribution is -0.0209. The third-order valence-corrected chi connectivity index (χ3v) is 7.62. The van der Waals surface area contributed by atoms with Gasteiger partial charge in [0.25, 0.3) is 0 Å². The molecule has 2 aliphatic rings. The Morgan fingerprint density at radius 1 is 1.09 bits per heavy atom. The molecule has 0 bridgehead atoms. The summed E-state index contributed by atoms with van der Waals surface area (Å²) in [5.74, 6) is 1.62. The van der Waals surface area contributed by atoms with Gasteiger partial charge in [-0.2, -0.15) is 0 Å². The number of piperidine rings is 1. The molecule has 1 aromatic heterocycles. The van der Waals surface area contributed by atoms with Gasteiger partial charge in [0.15, 0.2) is 0 Å². The number of likely N-dealkylation sites (tertiary alicyclic amines) is 1. The zero-order chi connectivity index (χ0) is 15.9. The minimum atomic E-state index is 0.302. The van der Waals surface area contributed by atoms with Crippen LogP contribution in [0.5, 0.6) is 0 Å². The first-order valence-corrected chi connectivity index (χ1v) is 10.3. The number of thiophene rings is 1. The first kappa shape index (κ1) is 15.7. The Labute approximate surface area is 144 Å². The predicted octanol–water partition coefficient (Wildman–Crippen LogP) is 6.04. The zero-order valence-electron chi connectivity index (χ0n) is 14.6. The lowest BCUT2D eigenvalue weighted by atomic mass is 9.70. The van der Waals surface area contributed by atoms with Gasteiger partial charge in [-0.1, -0.05) is 44.9 Å². The average molecular weight is 328 g/mol. The van der Waals surface area contributed by atoms with Crippen LogP contribution in [0, 0.1) is 11.8 Å². The maximum Gasteiger partial charge on any atom is 0.0580 e. The highest BCUT2D eigenvalue weighted by Crippen LogP contribution is 2.50. The van der Waals surface area contributed by atoms with Crippen LogP contribution in [0.2, 0.25) is 0 Å². The third kappa shape index (κ3) is 2.64. The minimum Gasteiger partial charge on any atom is -0.292 e. The van der Waals surface area contributed by atoms with Gasteiger partial charge in [0, 0.05) is 16.1 Å². The Balaban J connectivity index is 1.81. The molecule has 1 aliphatic heterocycles. The van der Waals surface area contributed by atoms with Crippen LogP contribution in [-0.4, -0.2) is 18.0 Å². The topological polar surface area (TPSA) is 3.24 Å². The van der Waals surface area contributed by atoms with Crippen molar-refractivity contribution in [2.75, 3.05) is 13.1 Å². The second-order valence-corrected chi connectivity index (χ2v) is 9.00. The van der Waals surface area contributed by atoms with E-state index in [9.17, 15) is 0 Å². The summed E-state index contributed by atoms with van der Waals surface area (Å²) in [4.78, 5) is 4.52. The Hall–Kier alpha value is -0.860. The van der Waals surface area contributed by atoms with E-state index in [1.807, 2.05) is 0 Å². The summed E-state index contributed by atoms with van der Waals surface area (Å²) >= 11 is 2.06. The largest absolute Gasteiger partial charge is 0.292 e. The van der Waals surface area contributed by atoms with Gasteiger partial charge in [0.2, 0.25) is 0 Å². The molecular formula is C21H29NS. The molecule has 2 aromatic rings. The summed E-state index contributed by atoms with van der Waals surface area (Å²) in [6.07, 6.45) is 8.33. The quantitative estimate of drug-likeness (QED) is 0.650. The molecule has 1 aliphatic carbocycles. The average Bonchev–Trinajstić information content (AvgIpc) is 3.00. The van der Waals surface area contributed by atoms with Gasteiger partial charge in [-0.15, -0.1) is 11.3 Å². The molecule has 0 amide bonds. The molecule has 4 rings (SSSR count). The van der Waals surface area contributed by atoms with E-state index < -0.39 is 0 Å². The molecule has 0 N–H and O–H groups in total. The molecule has 23 heavy (non-hydrogen) atoms. The highest BCUT2D eigenvalue weighted by Gasteiger charge is 2.46. The second kappa shape index (κ2) is 6.22. The summed E-state index contributed by atoms with van der Waals surface area (Å²) in [5, 5.41) is 1.44. The molecule has 0 radical (unpaired) electrons. The molecule has 1 saturated carbocycles. The van der Waals surface area contributed by atoms with Crippen LogP contribution in [0.15, 0.2) is 30.3 Å². The lowest BCUT2D eigenvalue weighted by Crippen LogP contribution is -2.54. The van der Waals surface area contributed by atoms with Gasteiger partial charge >= 0.3 is 0 Å².